The lowest BCUT2D eigenvalue weighted by Crippen LogP contribution is -2.29. The molecule has 0 saturated carbocycles. The Morgan fingerprint density at radius 2 is 1.77 bits per heavy atom. The van der Waals surface area contributed by atoms with Crippen molar-refractivity contribution in [2.24, 2.45) is 5.92 Å². The largest absolute Gasteiger partial charge is 0.466 e. The maximum absolute atomic E-state index is 12.3. The molecule has 1 aliphatic rings. The van der Waals surface area contributed by atoms with Crippen LogP contribution in [0.4, 0.5) is 0 Å². The van der Waals surface area contributed by atoms with Gasteiger partial charge >= 0.3 is 5.97 Å². The SMILES string of the molecule is CCC[C@H](CC1(C)c2ccsc2-c2sccc21)C(=O)OCC. The van der Waals surface area contributed by atoms with Crippen LogP contribution in [0.15, 0.2) is 22.9 Å². The monoisotopic (exact) mass is 334 g/mol. The van der Waals surface area contributed by atoms with Crippen LogP contribution >= 0.6 is 22.7 Å². The van der Waals surface area contributed by atoms with E-state index in [1.165, 1.54) is 20.9 Å². The molecular weight excluding hydrogens is 312 g/mol. The molecule has 0 radical (unpaired) electrons. The number of esters is 1. The molecule has 3 rings (SSSR count). The summed E-state index contributed by atoms with van der Waals surface area (Å²) in [6, 6.07) is 4.47. The Labute approximate surface area is 140 Å². The van der Waals surface area contributed by atoms with Gasteiger partial charge in [0.05, 0.1) is 12.5 Å². The molecule has 2 nitrogen and oxygen atoms in total. The van der Waals surface area contributed by atoms with Crippen LogP contribution in [0, 0.1) is 5.92 Å². The summed E-state index contributed by atoms with van der Waals surface area (Å²) < 4.78 is 5.32. The van der Waals surface area contributed by atoms with Crippen LogP contribution in [0.3, 0.4) is 0 Å². The average Bonchev–Trinajstić information content (AvgIpc) is 3.17. The number of hydrogen-bond acceptors (Lipinski definition) is 4. The van der Waals surface area contributed by atoms with Crippen molar-refractivity contribution in [3.8, 4) is 9.75 Å². The van der Waals surface area contributed by atoms with Gasteiger partial charge in [0, 0.05) is 15.2 Å². The summed E-state index contributed by atoms with van der Waals surface area (Å²) in [5.74, 6) is -0.0559. The summed E-state index contributed by atoms with van der Waals surface area (Å²) in [6.07, 6.45) is 2.74. The molecule has 0 bridgehead atoms. The van der Waals surface area contributed by atoms with E-state index in [9.17, 15) is 4.79 Å². The Balaban J connectivity index is 1.95. The zero-order valence-corrected chi connectivity index (χ0v) is 15.0. The van der Waals surface area contributed by atoms with Crippen LogP contribution in [0.1, 0.15) is 51.2 Å². The molecule has 1 aliphatic carbocycles. The number of rotatable bonds is 6. The number of ether oxygens (including phenoxy) is 1. The van der Waals surface area contributed by atoms with Crippen LogP contribution in [-0.2, 0) is 14.9 Å². The normalized spacial score (nSPS) is 16.1. The van der Waals surface area contributed by atoms with Crippen LogP contribution in [0.2, 0.25) is 0 Å². The molecule has 22 heavy (non-hydrogen) atoms. The summed E-state index contributed by atoms with van der Waals surface area (Å²) in [7, 11) is 0. The fourth-order valence-electron chi connectivity index (χ4n) is 3.61. The molecule has 0 unspecified atom stereocenters. The van der Waals surface area contributed by atoms with Gasteiger partial charge in [0.2, 0.25) is 0 Å². The van der Waals surface area contributed by atoms with Gasteiger partial charge in [0.15, 0.2) is 0 Å². The van der Waals surface area contributed by atoms with E-state index in [1.54, 1.807) is 0 Å². The molecule has 2 aromatic heterocycles. The van der Waals surface area contributed by atoms with Gasteiger partial charge in [-0.15, -0.1) is 22.7 Å². The number of carbonyl (C=O) groups is 1. The highest BCUT2D eigenvalue weighted by atomic mass is 32.1. The summed E-state index contributed by atoms with van der Waals surface area (Å²) in [6.45, 7) is 6.77. The summed E-state index contributed by atoms with van der Waals surface area (Å²) in [4.78, 5) is 15.1. The summed E-state index contributed by atoms with van der Waals surface area (Å²) in [5, 5.41) is 4.34. The van der Waals surface area contributed by atoms with Gasteiger partial charge in [-0.1, -0.05) is 20.3 Å². The lowest BCUT2D eigenvalue weighted by atomic mass is 9.73. The number of carbonyl (C=O) groups excluding carboxylic acids is 1. The van der Waals surface area contributed by atoms with Crippen molar-refractivity contribution < 1.29 is 9.53 Å². The van der Waals surface area contributed by atoms with E-state index in [1.807, 2.05) is 29.6 Å². The highest BCUT2D eigenvalue weighted by molar-refractivity contribution is 7.21. The zero-order valence-electron chi connectivity index (χ0n) is 13.3. The average molecular weight is 335 g/mol. The summed E-state index contributed by atoms with van der Waals surface area (Å²) in [5.41, 5.74) is 2.73. The molecule has 2 aromatic rings. The number of fused-ring (bicyclic) bond motifs is 3. The zero-order chi connectivity index (χ0) is 15.7. The maximum atomic E-state index is 12.3. The van der Waals surface area contributed by atoms with Crippen molar-refractivity contribution in [3.05, 3.63) is 34.0 Å². The second-order valence-corrected chi connectivity index (χ2v) is 7.93. The van der Waals surface area contributed by atoms with Gasteiger partial charge in [0.1, 0.15) is 0 Å². The fraction of sp³-hybridized carbons (Fsp3) is 0.500. The van der Waals surface area contributed by atoms with Gasteiger partial charge in [-0.25, -0.2) is 0 Å². The third kappa shape index (κ3) is 2.42. The van der Waals surface area contributed by atoms with E-state index in [0.717, 1.165) is 19.3 Å². The molecule has 0 fully saturated rings. The molecule has 1 atom stereocenters. The van der Waals surface area contributed by atoms with E-state index in [0.29, 0.717) is 6.61 Å². The third-order valence-electron chi connectivity index (χ3n) is 4.64. The van der Waals surface area contributed by atoms with Crippen molar-refractivity contribution >= 4 is 28.6 Å². The van der Waals surface area contributed by atoms with Gasteiger partial charge in [-0.3, -0.25) is 4.79 Å². The first-order valence-electron chi connectivity index (χ1n) is 7.94. The predicted molar refractivity (Wildman–Crippen MR) is 93.7 cm³/mol. The van der Waals surface area contributed by atoms with E-state index in [2.05, 4.69) is 36.7 Å². The Hall–Kier alpha value is -1.13. The lowest BCUT2D eigenvalue weighted by Gasteiger charge is -2.29. The van der Waals surface area contributed by atoms with Crippen LogP contribution in [0.5, 0.6) is 0 Å². The molecular formula is C18H22O2S2. The minimum absolute atomic E-state index is 0.0199. The molecule has 0 aliphatic heterocycles. The third-order valence-corrected chi connectivity index (χ3v) is 6.63. The van der Waals surface area contributed by atoms with Gasteiger partial charge in [-0.05, 0) is 53.8 Å². The molecule has 2 heterocycles. The Bertz CT molecular complexity index is 628. The van der Waals surface area contributed by atoms with Crippen molar-refractivity contribution in [2.75, 3.05) is 6.61 Å². The van der Waals surface area contributed by atoms with E-state index < -0.39 is 0 Å². The van der Waals surface area contributed by atoms with Crippen LogP contribution < -0.4 is 0 Å². The molecule has 0 aromatic carbocycles. The second kappa shape index (κ2) is 6.17. The summed E-state index contributed by atoms with van der Waals surface area (Å²) >= 11 is 3.63. The standard InChI is InChI=1S/C18H22O2S2/c1-4-6-12(17(19)20-5-2)11-18(3)13-7-9-21-15(13)16-14(18)8-10-22-16/h7-10,12H,4-6,11H2,1-3H3/t12-/m1/s1. The molecule has 4 heteroatoms. The van der Waals surface area contributed by atoms with E-state index in [4.69, 9.17) is 4.74 Å². The van der Waals surface area contributed by atoms with Crippen molar-refractivity contribution in [3.63, 3.8) is 0 Å². The van der Waals surface area contributed by atoms with E-state index in [-0.39, 0.29) is 17.3 Å². The van der Waals surface area contributed by atoms with Crippen molar-refractivity contribution in [1.82, 2.24) is 0 Å². The minimum atomic E-state index is -0.0583. The lowest BCUT2D eigenvalue weighted by molar-refractivity contribution is -0.148. The highest BCUT2D eigenvalue weighted by Crippen LogP contribution is 2.56. The van der Waals surface area contributed by atoms with Crippen LogP contribution in [0.25, 0.3) is 9.75 Å². The quantitative estimate of drug-likeness (QED) is 0.655. The smallest absolute Gasteiger partial charge is 0.308 e. The molecule has 118 valence electrons. The van der Waals surface area contributed by atoms with Crippen molar-refractivity contribution in [2.45, 2.75) is 45.4 Å². The molecule has 0 saturated heterocycles. The molecule has 0 N–H and O–H groups in total. The topological polar surface area (TPSA) is 26.3 Å². The Morgan fingerprint density at radius 3 is 2.27 bits per heavy atom. The highest BCUT2D eigenvalue weighted by Gasteiger charge is 2.43. The van der Waals surface area contributed by atoms with Crippen LogP contribution in [-0.4, -0.2) is 12.6 Å². The first kappa shape index (κ1) is 15.8. The van der Waals surface area contributed by atoms with Crippen molar-refractivity contribution in [1.29, 1.82) is 0 Å². The first-order valence-corrected chi connectivity index (χ1v) is 9.70. The van der Waals surface area contributed by atoms with Gasteiger partial charge < -0.3 is 4.74 Å². The first-order chi connectivity index (χ1) is 10.6. The minimum Gasteiger partial charge on any atom is -0.466 e. The Morgan fingerprint density at radius 1 is 1.18 bits per heavy atom. The molecule has 0 spiro atoms. The van der Waals surface area contributed by atoms with E-state index >= 15 is 0 Å². The number of hydrogen-bond donors (Lipinski definition) is 0. The van der Waals surface area contributed by atoms with Gasteiger partial charge in [0.25, 0.3) is 0 Å². The maximum Gasteiger partial charge on any atom is 0.308 e. The molecule has 0 amide bonds. The predicted octanol–water partition coefficient (Wildman–Crippen LogP) is 5.47. The fourth-order valence-corrected chi connectivity index (χ4v) is 5.85. The second-order valence-electron chi connectivity index (χ2n) is 6.10. The number of thiophene rings is 2. The van der Waals surface area contributed by atoms with Gasteiger partial charge in [-0.2, -0.15) is 0 Å². The Kier molecular flexibility index (Phi) is 4.42.